The van der Waals surface area contributed by atoms with Crippen LogP contribution in [0.25, 0.3) is 5.57 Å². The molecule has 1 heteroatoms. The highest BCUT2D eigenvalue weighted by molar-refractivity contribution is 9.11. The first-order chi connectivity index (χ1) is 7.60. The third-order valence-electron chi connectivity index (χ3n) is 3.84. The monoisotopic (exact) mass is 274 g/mol. The van der Waals surface area contributed by atoms with E-state index in [1.54, 1.807) is 5.57 Å². The van der Waals surface area contributed by atoms with Gasteiger partial charge in [0, 0.05) is 5.41 Å². The molecule has 0 atom stereocenters. The Morgan fingerprint density at radius 3 is 2.69 bits per heavy atom. The summed E-state index contributed by atoms with van der Waals surface area (Å²) in [6.45, 7) is 4.66. The van der Waals surface area contributed by atoms with Crippen LogP contribution in [0.3, 0.4) is 0 Å². The molecular formula is C15H15Br. The summed E-state index contributed by atoms with van der Waals surface area (Å²) >= 11 is 3.65. The van der Waals surface area contributed by atoms with Crippen molar-refractivity contribution in [1.82, 2.24) is 0 Å². The molecular weight excluding hydrogens is 260 g/mol. The van der Waals surface area contributed by atoms with E-state index in [1.807, 2.05) is 0 Å². The summed E-state index contributed by atoms with van der Waals surface area (Å²) in [5, 5.41) is 0. The topological polar surface area (TPSA) is 0 Å². The van der Waals surface area contributed by atoms with E-state index in [1.165, 1.54) is 27.6 Å². The van der Waals surface area contributed by atoms with E-state index >= 15 is 0 Å². The molecule has 0 N–H and O–H groups in total. The van der Waals surface area contributed by atoms with E-state index in [0.717, 1.165) is 6.42 Å². The van der Waals surface area contributed by atoms with E-state index in [4.69, 9.17) is 0 Å². The van der Waals surface area contributed by atoms with Crippen molar-refractivity contribution in [1.29, 1.82) is 0 Å². The highest BCUT2D eigenvalue weighted by Crippen LogP contribution is 2.51. The fourth-order valence-electron chi connectivity index (χ4n) is 2.97. The first-order valence-corrected chi connectivity index (χ1v) is 6.59. The lowest BCUT2D eigenvalue weighted by atomic mass is 9.80. The summed E-state index contributed by atoms with van der Waals surface area (Å²) in [6, 6.07) is 8.85. The van der Waals surface area contributed by atoms with Gasteiger partial charge in [-0.2, -0.15) is 0 Å². The maximum Gasteiger partial charge on any atom is 0.0155 e. The molecule has 2 aliphatic rings. The summed E-state index contributed by atoms with van der Waals surface area (Å²) in [7, 11) is 0. The predicted octanol–water partition coefficient (Wildman–Crippen LogP) is 4.80. The number of halogens is 1. The lowest BCUT2D eigenvalue weighted by molar-refractivity contribution is 0.651. The minimum Gasteiger partial charge on any atom is -0.0619 e. The molecule has 0 amide bonds. The van der Waals surface area contributed by atoms with Crippen LogP contribution < -0.4 is 0 Å². The van der Waals surface area contributed by atoms with Gasteiger partial charge in [-0.1, -0.05) is 54.0 Å². The second-order valence-corrected chi connectivity index (χ2v) is 6.17. The Kier molecular flexibility index (Phi) is 2.16. The van der Waals surface area contributed by atoms with Crippen molar-refractivity contribution in [2.75, 3.05) is 0 Å². The number of hydrogen-bond acceptors (Lipinski definition) is 0. The molecule has 2 aliphatic carbocycles. The molecule has 0 unspecified atom stereocenters. The van der Waals surface area contributed by atoms with Gasteiger partial charge >= 0.3 is 0 Å². The Balaban J connectivity index is 2.27. The van der Waals surface area contributed by atoms with Gasteiger partial charge in [-0.3, -0.25) is 0 Å². The van der Waals surface area contributed by atoms with Gasteiger partial charge in [0.1, 0.15) is 0 Å². The van der Waals surface area contributed by atoms with Crippen molar-refractivity contribution in [2.45, 2.75) is 32.1 Å². The molecule has 16 heavy (non-hydrogen) atoms. The molecule has 0 aromatic heterocycles. The van der Waals surface area contributed by atoms with E-state index < -0.39 is 0 Å². The Labute approximate surface area is 105 Å². The quantitative estimate of drug-likeness (QED) is 0.637. The largest absolute Gasteiger partial charge is 0.0619 e. The highest BCUT2D eigenvalue weighted by Gasteiger charge is 2.37. The van der Waals surface area contributed by atoms with Gasteiger partial charge in [0.05, 0.1) is 0 Å². The van der Waals surface area contributed by atoms with Crippen molar-refractivity contribution in [3.05, 3.63) is 51.5 Å². The lowest BCUT2D eigenvalue weighted by Gasteiger charge is -2.24. The molecule has 0 aliphatic heterocycles. The number of hydrogen-bond donors (Lipinski definition) is 0. The van der Waals surface area contributed by atoms with Gasteiger partial charge in [0.15, 0.2) is 0 Å². The van der Waals surface area contributed by atoms with E-state index in [2.05, 4.69) is 60.1 Å². The average Bonchev–Trinajstić information content (AvgIpc) is 2.49. The van der Waals surface area contributed by atoms with Crippen LogP contribution in [-0.2, 0) is 5.41 Å². The minimum atomic E-state index is 0.172. The zero-order chi connectivity index (χ0) is 11.3. The third-order valence-corrected chi connectivity index (χ3v) is 4.46. The van der Waals surface area contributed by atoms with Gasteiger partial charge < -0.3 is 0 Å². The third kappa shape index (κ3) is 1.27. The summed E-state index contributed by atoms with van der Waals surface area (Å²) < 4.78 is 1.34. The Morgan fingerprint density at radius 2 is 1.88 bits per heavy atom. The summed E-state index contributed by atoms with van der Waals surface area (Å²) in [5.41, 5.74) is 6.19. The summed E-state index contributed by atoms with van der Waals surface area (Å²) in [4.78, 5) is 0. The van der Waals surface area contributed by atoms with Gasteiger partial charge in [-0.05, 0) is 45.7 Å². The molecule has 0 heterocycles. The molecule has 0 saturated heterocycles. The highest BCUT2D eigenvalue weighted by atomic mass is 79.9. The van der Waals surface area contributed by atoms with Crippen molar-refractivity contribution in [3.63, 3.8) is 0 Å². The molecule has 0 fully saturated rings. The van der Waals surface area contributed by atoms with Crippen LogP contribution in [0.5, 0.6) is 0 Å². The van der Waals surface area contributed by atoms with Crippen LogP contribution in [-0.4, -0.2) is 0 Å². The fraction of sp³-hybridized carbons (Fsp3) is 0.333. The minimum absolute atomic E-state index is 0.172. The molecule has 0 bridgehead atoms. The van der Waals surface area contributed by atoms with Gasteiger partial charge in [0.2, 0.25) is 0 Å². The van der Waals surface area contributed by atoms with Crippen molar-refractivity contribution in [3.8, 4) is 0 Å². The number of rotatable bonds is 0. The molecule has 3 rings (SSSR count). The van der Waals surface area contributed by atoms with Crippen molar-refractivity contribution in [2.24, 2.45) is 0 Å². The zero-order valence-electron chi connectivity index (χ0n) is 9.68. The van der Waals surface area contributed by atoms with E-state index in [9.17, 15) is 0 Å². The van der Waals surface area contributed by atoms with Gasteiger partial charge in [-0.25, -0.2) is 0 Å². The van der Waals surface area contributed by atoms with Crippen LogP contribution in [0.2, 0.25) is 0 Å². The standard InChI is InChI=1S/C15H15Br/c1-15(2)13-6-4-3-5-11(13)12-8-7-10(16)9-14(12)15/h3-6,9H,7-8H2,1-2H3. The van der Waals surface area contributed by atoms with Crippen LogP contribution >= 0.6 is 15.9 Å². The number of allylic oxidation sites excluding steroid dienone is 4. The van der Waals surface area contributed by atoms with Crippen molar-refractivity contribution < 1.29 is 0 Å². The fourth-order valence-corrected chi connectivity index (χ4v) is 3.40. The second-order valence-electron chi connectivity index (χ2n) is 5.15. The summed E-state index contributed by atoms with van der Waals surface area (Å²) in [6.07, 6.45) is 4.65. The van der Waals surface area contributed by atoms with Gasteiger partial charge in [0.25, 0.3) is 0 Å². The van der Waals surface area contributed by atoms with E-state index in [-0.39, 0.29) is 5.41 Å². The van der Waals surface area contributed by atoms with Gasteiger partial charge in [-0.15, -0.1) is 0 Å². The molecule has 0 saturated carbocycles. The maximum atomic E-state index is 3.65. The molecule has 0 radical (unpaired) electrons. The first kappa shape index (κ1) is 10.3. The lowest BCUT2D eigenvalue weighted by Crippen LogP contribution is -2.16. The SMILES string of the molecule is CC1(C)C2=C(CCC(Br)=C2)c2ccccc21. The molecule has 0 nitrogen and oxygen atoms in total. The Hall–Kier alpha value is -0.820. The second kappa shape index (κ2) is 3.33. The van der Waals surface area contributed by atoms with Crippen molar-refractivity contribution >= 4 is 21.5 Å². The number of fused-ring (bicyclic) bond motifs is 2. The average molecular weight is 275 g/mol. The maximum absolute atomic E-state index is 3.65. The van der Waals surface area contributed by atoms with Crippen LogP contribution in [0.4, 0.5) is 0 Å². The first-order valence-electron chi connectivity index (χ1n) is 5.80. The Bertz CT molecular complexity index is 518. The predicted molar refractivity (Wildman–Crippen MR) is 72.6 cm³/mol. The smallest absolute Gasteiger partial charge is 0.0155 e. The van der Waals surface area contributed by atoms with Crippen LogP contribution in [0.15, 0.2) is 40.4 Å². The van der Waals surface area contributed by atoms with E-state index in [0.29, 0.717) is 0 Å². The molecule has 0 spiro atoms. The molecule has 82 valence electrons. The molecule has 1 aromatic rings. The Morgan fingerprint density at radius 1 is 1.12 bits per heavy atom. The zero-order valence-corrected chi connectivity index (χ0v) is 11.3. The molecule has 1 aromatic carbocycles. The normalized spacial score (nSPS) is 21.6. The number of benzene rings is 1. The van der Waals surface area contributed by atoms with Crippen LogP contribution in [0.1, 0.15) is 37.8 Å². The van der Waals surface area contributed by atoms with Crippen LogP contribution in [0, 0.1) is 0 Å². The summed E-state index contributed by atoms with van der Waals surface area (Å²) in [5.74, 6) is 0.